The fraction of sp³-hybridized carbons (Fsp3) is 0.500. The topological polar surface area (TPSA) is 260 Å². The molecule has 1 aromatic rings. The highest BCUT2D eigenvalue weighted by atomic mass is 32.1. The maximum atomic E-state index is 13.3. The summed E-state index contributed by atoms with van der Waals surface area (Å²) in [6.45, 7) is 1.13. The predicted molar refractivity (Wildman–Crippen MR) is 142 cm³/mol. The summed E-state index contributed by atoms with van der Waals surface area (Å²) >= 11 is 4.19. The van der Waals surface area contributed by atoms with Crippen LogP contribution in [0.2, 0.25) is 0 Å². The SMILES string of the molecule is C[C@@H](O)[C@H](NC(=O)[C@H](CCC(=O)O)NC(=O)[C@H](Cc1ccccc1)NC(=O)C(S)[C@@H](N)CCC(=O)ON)C(=O)O. The number of nitrogens with two attached hydrogens (primary N) is 2. The molecule has 0 radical (unpaired) electrons. The Balaban J connectivity index is 3.14. The highest BCUT2D eigenvalue weighted by molar-refractivity contribution is 7.81. The van der Waals surface area contributed by atoms with Gasteiger partial charge in [-0.1, -0.05) is 30.3 Å². The standard InChI is InChI=1S/C24H35N5O10S/c1-12(30)19(24(37)38)29-21(34)15(8-9-17(31)32)27-22(35)16(11-13-5-3-2-4-6-13)28-23(36)20(40)14(25)7-10-18(33)39-26/h2-6,12,14-16,19-20,30,40H,7-11,25-26H2,1H3,(H,27,35)(H,28,36)(H,29,34)(H,31,32)(H,37,38)/t12-,14+,15+,16+,19+,20?/m1/s1. The van der Waals surface area contributed by atoms with Crippen molar-refractivity contribution in [1.29, 1.82) is 0 Å². The summed E-state index contributed by atoms with van der Waals surface area (Å²) in [5.74, 6) is -1.48. The average Bonchev–Trinajstić information content (AvgIpc) is 2.91. The number of thiol groups is 1. The molecule has 222 valence electrons. The van der Waals surface area contributed by atoms with Gasteiger partial charge in [0, 0.05) is 25.3 Å². The molecule has 0 saturated heterocycles. The fourth-order valence-electron chi connectivity index (χ4n) is 3.46. The molecule has 10 N–H and O–H groups in total. The lowest BCUT2D eigenvalue weighted by Crippen LogP contribution is -2.58. The first-order valence-electron chi connectivity index (χ1n) is 12.2. The lowest BCUT2D eigenvalue weighted by Gasteiger charge is -2.26. The summed E-state index contributed by atoms with van der Waals surface area (Å²) in [6.07, 6.45) is -2.70. The van der Waals surface area contributed by atoms with Crippen LogP contribution in [-0.4, -0.2) is 86.5 Å². The van der Waals surface area contributed by atoms with E-state index in [0.29, 0.717) is 5.56 Å². The Morgan fingerprint density at radius 3 is 2.00 bits per heavy atom. The van der Waals surface area contributed by atoms with Crippen molar-refractivity contribution in [3.8, 4) is 0 Å². The maximum Gasteiger partial charge on any atom is 0.328 e. The van der Waals surface area contributed by atoms with Gasteiger partial charge in [-0.25, -0.2) is 4.79 Å². The van der Waals surface area contributed by atoms with Crippen LogP contribution in [0.3, 0.4) is 0 Å². The van der Waals surface area contributed by atoms with Gasteiger partial charge < -0.3 is 41.8 Å². The Morgan fingerprint density at radius 2 is 1.48 bits per heavy atom. The molecule has 0 aliphatic heterocycles. The van der Waals surface area contributed by atoms with E-state index >= 15 is 0 Å². The quantitative estimate of drug-likeness (QED) is 0.0699. The number of rotatable bonds is 17. The lowest BCUT2D eigenvalue weighted by molar-refractivity contribution is -0.145. The Bertz CT molecular complexity index is 1040. The summed E-state index contributed by atoms with van der Waals surface area (Å²) in [5.41, 5.74) is 6.57. The summed E-state index contributed by atoms with van der Waals surface area (Å²) in [6, 6.07) is 3.04. The van der Waals surface area contributed by atoms with Gasteiger partial charge in [0.1, 0.15) is 12.1 Å². The normalized spacial score (nSPS) is 15.3. The number of carbonyl (C=O) groups is 6. The molecule has 15 nitrogen and oxygen atoms in total. The van der Waals surface area contributed by atoms with Gasteiger partial charge in [-0.2, -0.15) is 18.5 Å². The molecular formula is C24H35N5O10S. The fourth-order valence-corrected chi connectivity index (χ4v) is 3.69. The molecular weight excluding hydrogens is 550 g/mol. The van der Waals surface area contributed by atoms with E-state index in [2.05, 4.69) is 33.4 Å². The zero-order valence-electron chi connectivity index (χ0n) is 21.7. The number of hydrogen-bond donors (Lipinski definition) is 9. The van der Waals surface area contributed by atoms with Crippen molar-refractivity contribution >= 4 is 48.3 Å². The number of amides is 3. The number of carbonyl (C=O) groups excluding carboxylic acids is 4. The first kappa shape index (κ1) is 34.3. The highest BCUT2D eigenvalue weighted by Gasteiger charge is 2.33. The van der Waals surface area contributed by atoms with Crippen LogP contribution in [0, 0.1) is 0 Å². The van der Waals surface area contributed by atoms with Crippen LogP contribution in [0.4, 0.5) is 0 Å². The van der Waals surface area contributed by atoms with Crippen molar-refractivity contribution in [2.75, 3.05) is 0 Å². The lowest BCUT2D eigenvalue weighted by atomic mass is 10.0. The molecule has 0 saturated carbocycles. The zero-order chi connectivity index (χ0) is 30.4. The molecule has 0 heterocycles. The molecule has 1 unspecified atom stereocenters. The van der Waals surface area contributed by atoms with Gasteiger partial charge in [0.05, 0.1) is 11.4 Å². The van der Waals surface area contributed by atoms with Gasteiger partial charge in [-0.05, 0) is 25.3 Å². The molecule has 0 bridgehead atoms. The van der Waals surface area contributed by atoms with Gasteiger partial charge in [0.15, 0.2) is 6.04 Å². The van der Waals surface area contributed by atoms with Crippen LogP contribution in [0.1, 0.15) is 38.2 Å². The molecule has 6 atom stereocenters. The number of carboxylic acid groups (broad SMARTS) is 2. The summed E-state index contributed by atoms with van der Waals surface area (Å²) in [5, 5.41) is 33.8. The second kappa shape index (κ2) is 17.1. The highest BCUT2D eigenvalue weighted by Crippen LogP contribution is 2.11. The summed E-state index contributed by atoms with van der Waals surface area (Å²) in [4.78, 5) is 76.8. The molecule has 3 amide bonds. The Kier molecular flexibility index (Phi) is 14.6. The van der Waals surface area contributed by atoms with Crippen molar-refractivity contribution in [2.24, 2.45) is 11.6 Å². The van der Waals surface area contributed by atoms with Crippen LogP contribution < -0.4 is 27.6 Å². The predicted octanol–water partition coefficient (Wildman–Crippen LogP) is -2.16. The molecule has 1 rings (SSSR count). The number of benzene rings is 1. The number of aliphatic hydroxyl groups is 1. The van der Waals surface area contributed by atoms with Crippen molar-refractivity contribution in [3.05, 3.63) is 35.9 Å². The summed E-state index contributed by atoms with van der Waals surface area (Å²) in [7, 11) is 0. The van der Waals surface area contributed by atoms with Gasteiger partial charge in [0.2, 0.25) is 17.7 Å². The van der Waals surface area contributed by atoms with Crippen molar-refractivity contribution in [1.82, 2.24) is 16.0 Å². The van der Waals surface area contributed by atoms with Gasteiger partial charge >= 0.3 is 17.9 Å². The first-order chi connectivity index (χ1) is 18.8. The van der Waals surface area contributed by atoms with E-state index in [0.717, 1.165) is 6.92 Å². The van der Waals surface area contributed by atoms with E-state index in [1.807, 2.05) is 0 Å². The average molecular weight is 586 g/mol. The van der Waals surface area contributed by atoms with Gasteiger partial charge in [-0.3, -0.25) is 24.0 Å². The third kappa shape index (κ3) is 12.0. The van der Waals surface area contributed by atoms with Crippen molar-refractivity contribution in [3.63, 3.8) is 0 Å². The first-order valence-corrected chi connectivity index (χ1v) is 12.7. The number of hydrogen-bond acceptors (Lipinski definition) is 11. The van der Waals surface area contributed by atoms with E-state index in [-0.39, 0.29) is 19.3 Å². The maximum absolute atomic E-state index is 13.3. The minimum Gasteiger partial charge on any atom is -0.481 e. The molecule has 40 heavy (non-hydrogen) atoms. The third-order valence-corrected chi connectivity index (χ3v) is 6.35. The van der Waals surface area contributed by atoms with Gasteiger partial charge in [0.25, 0.3) is 0 Å². The Morgan fingerprint density at radius 1 is 0.900 bits per heavy atom. The van der Waals surface area contributed by atoms with E-state index in [1.54, 1.807) is 30.3 Å². The van der Waals surface area contributed by atoms with Crippen LogP contribution in [0.5, 0.6) is 0 Å². The van der Waals surface area contributed by atoms with E-state index in [4.69, 9.17) is 16.7 Å². The number of carboxylic acids is 2. The molecule has 0 aliphatic carbocycles. The van der Waals surface area contributed by atoms with E-state index < -0.39 is 84.0 Å². The van der Waals surface area contributed by atoms with Crippen molar-refractivity contribution < 1.29 is 48.9 Å². The Hall–Kier alpha value is -3.73. The zero-order valence-corrected chi connectivity index (χ0v) is 22.6. The molecule has 1 aromatic carbocycles. The van der Waals surface area contributed by atoms with Crippen molar-refractivity contribution in [2.45, 2.75) is 74.5 Å². The molecule has 0 spiro atoms. The van der Waals surface area contributed by atoms with E-state index in [9.17, 15) is 39.0 Å². The molecule has 0 aliphatic rings. The molecule has 0 fully saturated rings. The second-order valence-corrected chi connectivity index (χ2v) is 9.50. The summed E-state index contributed by atoms with van der Waals surface area (Å²) < 4.78 is 0. The Labute approximate surface area is 235 Å². The molecule has 16 heteroatoms. The van der Waals surface area contributed by atoms with E-state index in [1.165, 1.54) is 0 Å². The second-order valence-electron chi connectivity index (χ2n) is 8.95. The molecule has 0 aromatic heterocycles. The van der Waals surface area contributed by atoms with Crippen LogP contribution in [-0.2, 0) is 40.0 Å². The largest absolute Gasteiger partial charge is 0.481 e. The number of nitrogens with one attached hydrogen (secondary N) is 3. The smallest absolute Gasteiger partial charge is 0.328 e. The van der Waals surface area contributed by atoms with Crippen LogP contribution >= 0.6 is 12.6 Å². The van der Waals surface area contributed by atoms with Crippen LogP contribution in [0.25, 0.3) is 0 Å². The number of aliphatic carboxylic acids is 2. The monoisotopic (exact) mass is 585 g/mol. The number of aliphatic hydroxyl groups excluding tert-OH is 1. The third-order valence-electron chi connectivity index (χ3n) is 5.73. The minimum atomic E-state index is -1.72. The van der Waals surface area contributed by atoms with Crippen LogP contribution in [0.15, 0.2) is 30.3 Å². The van der Waals surface area contributed by atoms with Gasteiger partial charge in [-0.15, -0.1) is 0 Å². The minimum absolute atomic E-state index is 0.00136.